The van der Waals surface area contributed by atoms with E-state index in [2.05, 4.69) is 11.3 Å². The molecule has 1 atom stereocenters. The Bertz CT molecular complexity index is 609. The molecule has 0 spiro atoms. The van der Waals surface area contributed by atoms with Crippen molar-refractivity contribution in [2.24, 2.45) is 0 Å². The van der Waals surface area contributed by atoms with Gasteiger partial charge in [0.2, 0.25) is 0 Å². The summed E-state index contributed by atoms with van der Waals surface area (Å²) >= 11 is 0. The Morgan fingerprint density at radius 2 is 1.30 bits per heavy atom. The summed E-state index contributed by atoms with van der Waals surface area (Å²) < 4.78 is 156. The number of ether oxygens (including phenoxy) is 1. The van der Waals surface area contributed by atoms with Crippen LogP contribution in [0, 0.1) is 0 Å². The van der Waals surface area contributed by atoms with E-state index >= 15 is 0 Å². The second-order valence-electron chi connectivity index (χ2n) is 4.75. The van der Waals surface area contributed by atoms with Gasteiger partial charge in [0.05, 0.1) is 6.42 Å². The molecule has 0 saturated carbocycles. The molecule has 0 aromatic rings. The van der Waals surface area contributed by atoms with Gasteiger partial charge in [-0.15, -0.1) is 0 Å². The quantitative estimate of drug-likeness (QED) is 0.208. The highest BCUT2D eigenvalue weighted by Gasteiger charge is 2.84. The molecule has 0 heterocycles. The van der Waals surface area contributed by atoms with Crippen molar-refractivity contribution >= 4 is 11.9 Å². The molecular formula is C11H6F12O4. The van der Waals surface area contributed by atoms with Crippen LogP contribution >= 0.6 is 0 Å². The molecule has 0 aromatic heterocycles. The largest absolute Gasteiger partial charge is 0.477 e. The zero-order valence-electron chi connectivity index (χ0n) is 12.2. The summed E-state index contributed by atoms with van der Waals surface area (Å²) in [6.45, 7) is 2.23. The Kier molecular flexibility index (Phi) is 6.54. The van der Waals surface area contributed by atoms with E-state index in [1.54, 1.807) is 0 Å². The number of hydrogen-bond acceptors (Lipinski definition) is 3. The van der Waals surface area contributed by atoms with Crippen molar-refractivity contribution in [3.63, 3.8) is 0 Å². The summed E-state index contributed by atoms with van der Waals surface area (Å²) in [6.07, 6.45) is -21.3. The number of carboxylic acid groups (broad SMARTS) is 1. The van der Waals surface area contributed by atoms with Crippen LogP contribution in [0.25, 0.3) is 0 Å². The SMILES string of the molecule is C=C(C(=O)O)C(=O)OC(F)(F)C(F)(F)C(F)(F)C(F)(F)C(F)CC(F)(F)F. The van der Waals surface area contributed by atoms with E-state index in [1.165, 1.54) is 0 Å². The van der Waals surface area contributed by atoms with Crippen molar-refractivity contribution in [1.82, 2.24) is 0 Å². The van der Waals surface area contributed by atoms with Crippen molar-refractivity contribution in [1.29, 1.82) is 0 Å². The maximum absolute atomic E-state index is 13.2. The highest BCUT2D eigenvalue weighted by molar-refractivity contribution is 6.12. The van der Waals surface area contributed by atoms with Crippen LogP contribution < -0.4 is 0 Å². The van der Waals surface area contributed by atoms with E-state index in [0.717, 1.165) is 0 Å². The summed E-state index contributed by atoms with van der Waals surface area (Å²) in [4.78, 5) is 21.0. The van der Waals surface area contributed by atoms with Crippen LogP contribution in [0.3, 0.4) is 0 Å². The van der Waals surface area contributed by atoms with Gasteiger partial charge in [0.15, 0.2) is 6.17 Å². The Morgan fingerprint density at radius 3 is 1.63 bits per heavy atom. The van der Waals surface area contributed by atoms with Gasteiger partial charge in [-0.3, -0.25) is 0 Å². The van der Waals surface area contributed by atoms with Crippen LogP contribution in [0.1, 0.15) is 6.42 Å². The van der Waals surface area contributed by atoms with E-state index in [1.807, 2.05) is 0 Å². The molecule has 27 heavy (non-hydrogen) atoms. The average Bonchev–Trinajstić information content (AvgIpc) is 2.43. The molecule has 16 heteroatoms. The first kappa shape index (κ1) is 24.8. The van der Waals surface area contributed by atoms with Gasteiger partial charge in [-0.25, -0.2) is 14.0 Å². The van der Waals surface area contributed by atoms with E-state index in [-0.39, 0.29) is 0 Å². The van der Waals surface area contributed by atoms with Crippen LogP contribution in [0.5, 0.6) is 0 Å². The maximum Gasteiger partial charge on any atom is 0.473 e. The van der Waals surface area contributed by atoms with Crippen LogP contribution in [0.15, 0.2) is 12.2 Å². The fourth-order valence-electron chi connectivity index (χ4n) is 1.25. The highest BCUT2D eigenvalue weighted by atomic mass is 19.4. The zero-order chi connectivity index (χ0) is 22.2. The number of carbonyl (C=O) groups excluding carboxylic acids is 1. The molecule has 1 unspecified atom stereocenters. The van der Waals surface area contributed by atoms with Crippen LogP contribution in [-0.4, -0.2) is 53.3 Å². The van der Waals surface area contributed by atoms with Gasteiger partial charge in [-0.05, 0) is 0 Å². The molecule has 0 saturated heterocycles. The summed E-state index contributed by atoms with van der Waals surface area (Å²) in [6, 6.07) is 0. The van der Waals surface area contributed by atoms with E-state index < -0.39 is 60.2 Å². The first-order valence-electron chi connectivity index (χ1n) is 5.99. The second kappa shape index (κ2) is 7.10. The molecule has 0 rings (SSSR count). The molecule has 0 aromatic carbocycles. The van der Waals surface area contributed by atoms with Gasteiger partial charge >= 0.3 is 42.0 Å². The molecule has 0 bridgehead atoms. The second-order valence-corrected chi connectivity index (χ2v) is 4.75. The molecule has 0 aliphatic heterocycles. The Labute approximate surface area is 140 Å². The summed E-state index contributed by atoms with van der Waals surface area (Å²) in [5.41, 5.74) is -2.01. The van der Waals surface area contributed by atoms with Crippen LogP contribution in [0.2, 0.25) is 0 Å². The van der Waals surface area contributed by atoms with Gasteiger partial charge in [0.25, 0.3) is 0 Å². The van der Waals surface area contributed by atoms with Crippen molar-refractivity contribution in [3.05, 3.63) is 12.2 Å². The summed E-state index contributed by atoms with van der Waals surface area (Å²) in [7, 11) is 0. The van der Waals surface area contributed by atoms with Crippen LogP contribution in [0.4, 0.5) is 52.7 Å². The number of esters is 1. The number of alkyl halides is 12. The van der Waals surface area contributed by atoms with Crippen molar-refractivity contribution in [2.75, 3.05) is 0 Å². The molecule has 0 aliphatic rings. The summed E-state index contributed by atoms with van der Waals surface area (Å²) in [5.74, 6) is -27.4. The Hall–Kier alpha value is -2.16. The molecule has 0 aliphatic carbocycles. The maximum atomic E-state index is 13.2. The van der Waals surface area contributed by atoms with E-state index in [0.29, 0.717) is 0 Å². The normalized spacial score (nSPS) is 15.3. The molecule has 0 fully saturated rings. The lowest BCUT2D eigenvalue weighted by atomic mass is 9.97. The molecule has 4 nitrogen and oxygen atoms in total. The Morgan fingerprint density at radius 1 is 0.889 bits per heavy atom. The molecule has 0 amide bonds. The van der Waals surface area contributed by atoms with Gasteiger partial charge < -0.3 is 9.84 Å². The topological polar surface area (TPSA) is 63.6 Å². The number of rotatable bonds is 8. The van der Waals surface area contributed by atoms with Gasteiger partial charge in [-0.2, -0.15) is 48.3 Å². The highest BCUT2D eigenvalue weighted by Crippen LogP contribution is 2.55. The third-order valence-corrected chi connectivity index (χ3v) is 2.71. The minimum absolute atomic E-state index is 2.01. The first-order chi connectivity index (χ1) is 11.6. The number of carbonyl (C=O) groups is 2. The minimum Gasteiger partial charge on any atom is -0.477 e. The molecular weight excluding hydrogens is 424 g/mol. The summed E-state index contributed by atoms with van der Waals surface area (Å²) in [5, 5.41) is 8.17. The minimum atomic E-state index is -7.51. The van der Waals surface area contributed by atoms with Crippen molar-refractivity contribution < 1.29 is 72.1 Å². The van der Waals surface area contributed by atoms with Crippen molar-refractivity contribution in [2.45, 2.75) is 42.6 Å². The number of halogens is 12. The fraction of sp³-hybridized carbons (Fsp3) is 0.636. The predicted octanol–water partition coefficient (Wildman–Crippen LogP) is 3.96. The smallest absolute Gasteiger partial charge is 0.473 e. The molecule has 0 radical (unpaired) electrons. The molecule has 158 valence electrons. The first-order valence-corrected chi connectivity index (χ1v) is 5.99. The standard InChI is InChI=1S/C11H6F12O4/c1-3(5(24)25)6(26)27-11(22,23)10(20,21)9(18,19)8(16,17)4(12)2-7(13,14)15/h4H,1-2H2,(H,24,25). The third kappa shape index (κ3) is 4.77. The molecule has 1 N–H and O–H groups in total. The lowest BCUT2D eigenvalue weighted by Gasteiger charge is -2.36. The van der Waals surface area contributed by atoms with Gasteiger partial charge in [0.1, 0.15) is 5.57 Å². The van der Waals surface area contributed by atoms with E-state index in [9.17, 15) is 62.3 Å². The monoisotopic (exact) mass is 430 g/mol. The number of hydrogen-bond donors (Lipinski definition) is 1. The third-order valence-electron chi connectivity index (χ3n) is 2.71. The van der Waals surface area contributed by atoms with Gasteiger partial charge in [0, 0.05) is 0 Å². The predicted molar refractivity (Wildman–Crippen MR) is 58.2 cm³/mol. The Balaban J connectivity index is 5.89. The van der Waals surface area contributed by atoms with Crippen LogP contribution in [-0.2, 0) is 14.3 Å². The average molecular weight is 430 g/mol. The number of carboxylic acids is 1. The van der Waals surface area contributed by atoms with Gasteiger partial charge in [-0.1, -0.05) is 6.58 Å². The van der Waals surface area contributed by atoms with E-state index in [4.69, 9.17) is 5.11 Å². The zero-order valence-corrected chi connectivity index (χ0v) is 12.2. The van der Waals surface area contributed by atoms with Crippen molar-refractivity contribution in [3.8, 4) is 0 Å². The lowest BCUT2D eigenvalue weighted by molar-refractivity contribution is -0.422. The number of aliphatic carboxylic acids is 1. The lowest BCUT2D eigenvalue weighted by Crippen LogP contribution is -2.66. The fourth-order valence-corrected chi connectivity index (χ4v) is 1.25.